The zero-order valence-corrected chi connectivity index (χ0v) is 12.6. The van der Waals surface area contributed by atoms with Gasteiger partial charge in [0, 0.05) is 36.7 Å². The van der Waals surface area contributed by atoms with E-state index in [1.54, 1.807) is 12.1 Å². The predicted molar refractivity (Wildman–Crippen MR) is 85.2 cm³/mol. The SMILES string of the molecule is O=C(O)c1ccc2c(ccn2CCCN2CCC(O)CC2)c1. The summed E-state index contributed by atoms with van der Waals surface area (Å²) in [6.07, 6.45) is 4.72. The van der Waals surface area contributed by atoms with Crippen molar-refractivity contribution in [3.8, 4) is 0 Å². The molecule has 1 aliphatic heterocycles. The Kier molecular flexibility index (Phi) is 4.45. The number of aromatic nitrogens is 1. The number of carboxylic acid groups (broad SMARTS) is 1. The minimum atomic E-state index is -0.887. The molecule has 0 amide bonds. The number of fused-ring (bicyclic) bond motifs is 1. The lowest BCUT2D eigenvalue weighted by Gasteiger charge is -2.29. The second-order valence-electron chi connectivity index (χ2n) is 6.01. The van der Waals surface area contributed by atoms with Crippen LogP contribution in [0.2, 0.25) is 0 Å². The molecule has 1 fully saturated rings. The van der Waals surface area contributed by atoms with Crippen LogP contribution in [0.5, 0.6) is 0 Å². The van der Waals surface area contributed by atoms with E-state index < -0.39 is 5.97 Å². The minimum absolute atomic E-state index is 0.118. The van der Waals surface area contributed by atoms with Crippen LogP contribution in [0, 0.1) is 0 Å². The van der Waals surface area contributed by atoms with Crippen LogP contribution in [-0.4, -0.2) is 51.4 Å². The van der Waals surface area contributed by atoms with Crippen LogP contribution in [0.3, 0.4) is 0 Å². The molecule has 1 aromatic heterocycles. The lowest BCUT2D eigenvalue weighted by Crippen LogP contribution is -2.36. The van der Waals surface area contributed by atoms with E-state index in [0.717, 1.165) is 56.3 Å². The maximum atomic E-state index is 11.0. The second-order valence-corrected chi connectivity index (χ2v) is 6.01. The molecular formula is C17H22N2O3. The van der Waals surface area contributed by atoms with Crippen molar-refractivity contribution in [1.82, 2.24) is 9.47 Å². The Bertz CT molecular complexity index is 657. The van der Waals surface area contributed by atoms with Gasteiger partial charge in [0.25, 0.3) is 0 Å². The first kappa shape index (κ1) is 15.1. The number of carboxylic acids is 1. The van der Waals surface area contributed by atoms with E-state index in [9.17, 15) is 9.90 Å². The van der Waals surface area contributed by atoms with Crippen molar-refractivity contribution < 1.29 is 15.0 Å². The van der Waals surface area contributed by atoms with Crippen LogP contribution in [0.25, 0.3) is 10.9 Å². The van der Waals surface area contributed by atoms with E-state index in [1.165, 1.54) is 0 Å². The van der Waals surface area contributed by atoms with Gasteiger partial charge >= 0.3 is 5.97 Å². The molecular weight excluding hydrogens is 280 g/mol. The number of aryl methyl sites for hydroxylation is 1. The first-order valence-corrected chi connectivity index (χ1v) is 7.86. The Morgan fingerprint density at radius 1 is 1.18 bits per heavy atom. The van der Waals surface area contributed by atoms with Crippen LogP contribution in [0.15, 0.2) is 30.5 Å². The van der Waals surface area contributed by atoms with Crippen LogP contribution in [-0.2, 0) is 6.54 Å². The number of aromatic carboxylic acids is 1. The Hall–Kier alpha value is -1.85. The number of likely N-dealkylation sites (tertiary alicyclic amines) is 1. The summed E-state index contributed by atoms with van der Waals surface area (Å²) in [4.78, 5) is 13.4. The highest BCUT2D eigenvalue weighted by Gasteiger charge is 2.16. The molecule has 2 N–H and O–H groups in total. The van der Waals surface area contributed by atoms with Gasteiger partial charge in [0.1, 0.15) is 0 Å². The fourth-order valence-electron chi connectivity index (χ4n) is 3.14. The molecule has 118 valence electrons. The number of piperidine rings is 1. The van der Waals surface area contributed by atoms with E-state index in [-0.39, 0.29) is 6.10 Å². The second kappa shape index (κ2) is 6.50. The standard InChI is InChI=1S/C17H22N2O3/c20-15-5-9-18(10-6-15)7-1-8-19-11-4-13-12-14(17(21)22)2-3-16(13)19/h2-4,11-12,15,20H,1,5-10H2,(H,21,22). The third-order valence-corrected chi connectivity index (χ3v) is 4.45. The number of benzene rings is 1. The molecule has 0 unspecified atom stereocenters. The maximum Gasteiger partial charge on any atom is 0.335 e. The van der Waals surface area contributed by atoms with Crippen LogP contribution in [0.4, 0.5) is 0 Å². The first-order valence-electron chi connectivity index (χ1n) is 7.86. The van der Waals surface area contributed by atoms with Crippen molar-refractivity contribution >= 4 is 16.9 Å². The zero-order valence-electron chi connectivity index (χ0n) is 12.6. The lowest BCUT2D eigenvalue weighted by molar-refractivity contribution is 0.0697. The molecule has 1 aliphatic rings. The molecule has 0 radical (unpaired) electrons. The van der Waals surface area contributed by atoms with Crippen LogP contribution in [0.1, 0.15) is 29.6 Å². The van der Waals surface area contributed by atoms with Crippen molar-refractivity contribution in [3.63, 3.8) is 0 Å². The molecule has 22 heavy (non-hydrogen) atoms. The first-order chi connectivity index (χ1) is 10.6. The smallest absolute Gasteiger partial charge is 0.335 e. The van der Waals surface area contributed by atoms with E-state index in [2.05, 4.69) is 9.47 Å². The van der Waals surface area contributed by atoms with Gasteiger partial charge < -0.3 is 19.7 Å². The number of hydrogen-bond acceptors (Lipinski definition) is 3. The number of aliphatic hydroxyl groups is 1. The molecule has 0 spiro atoms. The average Bonchev–Trinajstić information content (AvgIpc) is 2.92. The molecule has 1 aromatic carbocycles. The Morgan fingerprint density at radius 2 is 1.95 bits per heavy atom. The largest absolute Gasteiger partial charge is 0.478 e. The van der Waals surface area contributed by atoms with Crippen molar-refractivity contribution in [2.75, 3.05) is 19.6 Å². The van der Waals surface area contributed by atoms with E-state index >= 15 is 0 Å². The van der Waals surface area contributed by atoms with Gasteiger partial charge in [-0.1, -0.05) is 0 Å². The van der Waals surface area contributed by atoms with Gasteiger partial charge in [-0.3, -0.25) is 0 Å². The summed E-state index contributed by atoms with van der Waals surface area (Å²) < 4.78 is 2.18. The van der Waals surface area contributed by atoms with Gasteiger partial charge in [-0.25, -0.2) is 4.79 Å². The highest BCUT2D eigenvalue weighted by molar-refractivity contribution is 5.93. The summed E-state index contributed by atoms with van der Waals surface area (Å²) in [5.41, 5.74) is 1.41. The zero-order chi connectivity index (χ0) is 15.5. The van der Waals surface area contributed by atoms with Crippen molar-refractivity contribution in [3.05, 3.63) is 36.0 Å². The molecule has 3 rings (SSSR count). The number of hydrogen-bond donors (Lipinski definition) is 2. The molecule has 0 bridgehead atoms. The topological polar surface area (TPSA) is 65.7 Å². The van der Waals surface area contributed by atoms with Crippen LogP contribution >= 0.6 is 0 Å². The maximum absolute atomic E-state index is 11.0. The molecule has 0 saturated carbocycles. The third-order valence-electron chi connectivity index (χ3n) is 4.45. The number of rotatable bonds is 5. The Labute approximate surface area is 129 Å². The summed E-state index contributed by atoms with van der Waals surface area (Å²) in [7, 11) is 0. The van der Waals surface area contributed by atoms with Gasteiger partial charge in [-0.2, -0.15) is 0 Å². The average molecular weight is 302 g/mol. The predicted octanol–water partition coefficient (Wildman–Crippen LogP) is 2.19. The molecule has 2 aromatic rings. The number of carbonyl (C=O) groups is 1. The van der Waals surface area contributed by atoms with Crippen LogP contribution < -0.4 is 0 Å². The number of aliphatic hydroxyl groups excluding tert-OH is 1. The summed E-state index contributed by atoms with van der Waals surface area (Å²) in [5, 5.41) is 19.5. The van der Waals surface area contributed by atoms with Gasteiger partial charge in [-0.05, 0) is 50.1 Å². The summed E-state index contributed by atoms with van der Waals surface area (Å²) in [6, 6.07) is 7.24. The van der Waals surface area contributed by atoms with Gasteiger partial charge in [0.15, 0.2) is 0 Å². The molecule has 5 nitrogen and oxygen atoms in total. The summed E-state index contributed by atoms with van der Waals surface area (Å²) >= 11 is 0. The van der Waals surface area contributed by atoms with Crippen molar-refractivity contribution in [2.45, 2.75) is 31.9 Å². The highest BCUT2D eigenvalue weighted by Crippen LogP contribution is 2.18. The third kappa shape index (κ3) is 3.31. The summed E-state index contributed by atoms with van der Waals surface area (Å²) in [5.74, 6) is -0.887. The molecule has 0 aliphatic carbocycles. The number of nitrogens with zero attached hydrogens (tertiary/aromatic N) is 2. The Balaban J connectivity index is 1.59. The van der Waals surface area contributed by atoms with Gasteiger partial charge in [0.2, 0.25) is 0 Å². The van der Waals surface area contributed by atoms with E-state index in [1.807, 2.05) is 18.3 Å². The van der Waals surface area contributed by atoms with Gasteiger partial charge in [0.05, 0.1) is 11.7 Å². The minimum Gasteiger partial charge on any atom is -0.478 e. The van der Waals surface area contributed by atoms with E-state index in [0.29, 0.717) is 5.56 Å². The molecule has 5 heteroatoms. The lowest BCUT2D eigenvalue weighted by atomic mass is 10.1. The van der Waals surface area contributed by atoms with Crippen molar-refractivity contribution in [1.29, 1.82) is 0 Å². The highest BCUT2D eigenvalue weighted by atomic mass is 16.4. The Morgan fingerprint density at radius 3 is 2.68 bits per heavy atom. The monoisotopic (exact) mass is 302 g/mol. The fraction of sp³-hybridized carbons (Fsp3) is 0.471. The van der Waals surface area contributed by atoms with E-state index in [4.69, 9.17) is 5.11 Å². The van der Waals surface area contributed by atoms with Gasteiger partial charge in [-0.15, -0.1) is 0 Å². The fourth-order valence-corrected chi connectivity index (χ4v) is 3.14. The summed E-state index contributed by atoms with van der Waals surface area (Å²) in [6.45, 7) is 3.93. The molecule has 2 heterocycles. The normalized spacial score (nSPS) is 17.1. The van der Waals surface area contributed by atoms with Crippen molar-refractivity contribution in [2.24, 2.45) is 0 Å². The quantitative estimate of drug-likeness (QED) is 0.888. The molecule has 1 saturated heterocycles. The molecule has 0 atom stereocenters.